The molecule has 74 valence electrons. The van der Waals surface area contributed by atoms with E-state index in [9.17, 15) is 0 Å². The highest BCUT2D eigenvalue weighted by Gasteiger charge is 2.17. The Morgan fingerprint density at radius 2 is 2.00 bits per heavy atom. The number of rotatable bonds is 6. The first kappa shape index (κ1) is 12.8. The Kier molecular flexibility index (Phi) is 6.69. The van der Waals surface area contributed by atoms with Crippen LogP contribution in [0.2, 0.25) is 0 Å². The van der Waals surface area contributed by atoms with Crippen molar-refractivity contribution in [3.63, 3.8) is 0 Å². The molecule has 0 bridgehead atoms. The fourth-order valence-electron chi connectivity index (χ4n) is 1.10. The third-order valence-electron chi connectivity index (χ3n) is 1.74. The second kappa shape index (κ2) is 6.28. The lowest BCUT2D eigenvalue weighted by molar-refractivity contribution is 0.243. The van der Waals surface area contributed by atoms with Crippen LogP contribution in [0.5, 0.6) is 0 Å². The number of hydrogen-bond acceptors (Lipinski definition) is 2. The molecule has 3 heteroatoms. The van der Waals surface area contributed by atoms with Gasteiger partial charge in [0.05, 0.1) is 0 Å². The molecule has 0 unspecified atom stereocenters. The summed E-state index contributed by atoms with van der Waals surface area (Å²) in [5.74, 6) is 1.23. The maximum absolute atomic E-state index is 3.54. The van der Waals surface area contributed by atoms with Gasteiger partial charge in [-0.3, -0.25) is 0 Å². The van der Waals surface area contributed by atoms with Crippen LogP contribution in [0.4, 0.5) is 0 Å². The second-order valence-corrected chi connectivity index (χ2v) is 5.57. The molecule has 0 aromatic carbocycles. The topological polar surface area (TPSA) is 3.24 Å². The van der Waals surface area contributed by atoms with Gasteiger partial charge in [0.25, 0.3) is 0 Å². The van der Waals surface area contributed by atoms with Crippen molar-refractivity contribution >= 4 is 27.7 Å². The fourth-order valence-corrected chi connectivity index (χ4v) is 1.77. The van der Waals surface area contributed by atoms with Crippen LogP contribution in [0.1, 0.15) is 13.8 Å². The fraction of sp³-hybridized carbons (Fsp3) is 1.00. The highest BCUT2D eigenvalue weighted by atomic mass is 79.9. The van der Waals surface area contributed by atoms with Crippen LogP contribution in [0.25, 0.3) is 0 Å². The van der Waals surface area contributed by atoms with Crippen LogP contribution in [-0.4, -0.2) is 42.4 Å². The third kappa shape index (κ3) is 6.32. The maximum atomic E-state index is 3.54. The summed E-state index contributed by atoms with van der Waals surface area (Å²) in [5, 5.41) is 1.07. The van der Waals surface area contributed by atoms with Gasteiger partial charge in [-0.2, -0.15) is 11.8 Å². The lowest BCUT2D eigenvalue weighted by Gasteiger charge is -2.28. The maximum Gasteiger partial charge on any atom is 0.00949 e. The number of nitrogens with zero attached hydrogens (tertiary/aromatic N) is 1. The summed E-state index contributed by atoms with van der Waals surface area (Å²) in [6.45, 7) is 6.94. The lowest BCUT2D eigenvalue weighted by Crippen LogP contribution is -2.33. The smallest absolute Gasteiger partial charge is 0.00949 e. The van der Waals surface area contributed by atoms with E-state index in [1.165, 1.54) is 18.8 Å². The first-order valence-corrected chi connectivity index (χ1v) is 6.77. The normalized spacial score (nSPS) is 12.5. The molecule has 0 saturated carbocycles. The molecule has 0 atom stereocenters. The molecule has 1 nitrogen and oxygen atoms in total. The van der Waals surface area contributed by atoms with Crippen molar-refractivity contribution in [3.8, 4) is 0 Å². The summed E-state index contributed by atoms with van der Waals surface area (Å²) >= 11 is 5.45. The Labute approximate surface area is 89.4 Å². The summed E-state index contributed by atoms with van der Waals surface area (Å²) in [6.07, 6.45) is 2.16. The molecule has 0 amide bonds. The molecule has 0 aliphatic rings. The van der Waals surface area contributed by atoms with Gasteiger partial charge in [-0.1, -0.05) is 29.8 Å². The molecule has 0 radical (unpaired) electrons. The van der Waals surface area contributed by atoms with Gasteiger partial charge in [0.15, 0.2) is 0 Å². The summed E-state index contributed by atoms with van der Waals surface area (Å²) in [5.41, 5.74) is 0.396. The van der Waals surface area contributed by atoms with Gasteiger partial charge >= 0.3 is 0 Å². The van der Waals surface area contributed by atoms with Crippen molar-refractivity contribution in [1.82, 2.24) is 4.90 Å². The number of thioether (sulfide) groups is 1. The van der Waals surface area contributed by atoms with Gasteiger partial charge in [0.1, 0.15) is 0 Å². The predicted octanol–water partition coefficient (Wildman–Crippen LogP) is 2.70. The highest BCUT2D eigenvalue weighted by Crippen LogP contribution is 2.18. The van der Waals surface area contributed by atoms with Crippen molar-refractivity contribution in [2.24, 2.45) is 5.41 Å². The Morgan fingerprint density at radius 3 is 2.42 bits per heavy atom. The predicted molar refractivity (Wildman–Crippen MR) is 63.5 cm³/mol. The minimum Gasteiger partial charge on any atom is -0.305 e. The SMILES string of the molecule is CSCCN(C)CC(C)(C)CBr. The van der Waals surface area contributed by atoms with E-state index < -0.39 is 0 Å². The van der Waals surface area contributed by atoms with Gasteiger partial charge in [-0.05, 0) is 18.7 Å². The largest absolute Gasteiger partial charge is 0.305 e. The minimum absolute atomic E-state index is 0.396. The Hall–Kier alpha value is 0.790. The first-order valence-electron chi connectivity index (χ1n) is 4.25. The van der Waals surface area contributed by atoms with Gasteiger partial charge in [0.2, 0.25) is 0 Å². The second-order valence-electron chi connectivity index (χ2n) is 4.03. The molecule has 0 aliphatic heterocycles. The average Bonchev–Trinajstić information content (AvgIpc) is 2.00. The number of hydrogen-bond donors (Lipinski definition) is 0. The van der Waals surface area contributed by atoms with Crippen molar-refractivity contribution in [3.05, 3.63) is 0 Å². The van der Waals surface area contributed by atoms with Crippen LogP contribution in [0, 0.1) is 5.41 Å². The third-order valence-corrected chi connectivity index (χ3v) is 3.85. The van der Waals surface area contributed by atoms with E-state index in [-0.39, 0.29) is 0 Å². The molecule has 0 spiro atoms. The van der Waals surface area contributed by atoms with Gasteiger partial charge < -0.3 is 4.90 Å². The monoisotopic (exact) mass is 253 g/mol. The van der Waals surface area contributed by atoms with Gasteiger partial charge in [-0.15, -0.1) is 0 Å². The quantitative estimate of drug-likeness (QED) is 0.670. The molecule has 0 aromatic heterocycles. The molecule has 0 aromatic rings. The first-order chi connectivity index (χ1) is 5.52. The van der Waals surface area contributed by atoms with E-state index >= 15 is 0 Å². The molecule has 0 heterocycles. The van der Waals surface area contributed by atoms with Crippen LogP contribution in [-0.2, 0) is 0 Å². The molecule has 0 saturated heterocycles. The van der Waals surface area contributed by atoms with Crippen LogP contribution >= 0.6 is 27.7 Å². The van der Waals surface area contributed by atoms with E-state index in [0.717, 1.165) is 5.33 Å². The molecular weight excluding hydrogens is 234 g/mol. The lowest BCUT2D eigenvalue weighted by atomic mass is 9.96. The van der Waals surface area contributed by atoms with Crippen molar-refractivity contribution in [2.75, 3.05) is 37.5 Å². The summed E-state index contributed by atoms with van der Waals surface area (Å²) in [6, 6.07) is 0. The van der Waals surface area contributed by atoms with Crippen molar-refractivity contribution < 1.29 is 0 Å². The molecule has 12 heavy (non-hydrogen) atoms. The number of halogens is 1. The van der Waals surface area contributed by atoms with E-state index in [1.54, 1.807) is 0 Å². The van der Waals surface area contributed by atoms with Crippen LogP contribution < -0.4 is 0 Å². The highest BCUT2D eigenvalue weighted by molar-refractivity contribution is 9.09. The summed E-state index contributed by atoms with van der Waals surface area (Å²) < 4.78 is 0. The molecule has 0 rings (SSSR count). The molecular formula is C9H20BrNS. The molecule has 0 fully saturated rings. The average molecular weight is 254 g/mol. The van der Waals surface area contributed by atoms with E-state index in [4.69, 9.17) is 0 Å². The van der Waals surface area contributed by atoms with Crippen molar-refractivity contribution in [2.45, 2.75) is 13.8 Å². The van der Waals surface area contributed by atoms with Crippen molar-refractivity contribution in [1.29, 1.82) is 0 Å². The standard InChI is InChI=1S/C9H20BrNS/c1-9(2,7-10)8-11(3)5-6-12-4/h5-8H2,1-4H3. The van der Waals surface area contributed by atoms with Crippen LogP contribution in [0.3, 0.4) is 0 Å². The van der Waals surface area contributed by atoms with E-state index in [2.05, 4.69) is 48.0 Å². The zero-order valence-corrected chi connectivity index (χ0v) is 11.0. The summed E-state index contributed by atoms with van der Waals surface area (Å²) in [7, 11) is 2.20. The van der Waals surface area contributed by atoms with Gasteiger partial charge in [-0.25, -0.2) is 0 Å². The molecule has 0 N–H and O–H groups in total. The van der Waals surface area contributed by atoms with Crippen LogP contribution in [0.15, 0.2) is 0 Å². The minimum atomic E-state index is 0.396. The molecule has 0 aliphatic carbocycles. The van der Waals surface area contributed by atoms with E-state index in [0.29, 0.717) is 5.41 Å². The Morgan fingerprint density at radius 1 is 1.42 bits per heavy atom. The summed E-state index contributed by atoms with van der Waals surface area (Å²) in [4.78, 5) is 2.40. The Bertz CT molecular complexity index is 117. The van der Waals surface area contributed by atoms with Gasteiger partial charge in [0, 0.05) is 24.2 Å². The number of alkyl halides is 1. The zero-order chi connectivity index (χ0) is 9.61. The Balaban J connectivity index is 3.60. The zero-order valence-electron chi connectivity index (χ0n) is 8.56. The van der Waals surface area contributed by atoms with E-state index in [1.807, 2.05) is 11.8 Å².